The maximum Gasteiger partial charge on any atom is 0.302 e. The first kappa shape index (κ1) is 21.6. The molecule has 2 aromatic carbocycles. The summed E-state index contributed by atoms with van der Waals surface area (Å²) in [5.41, 5.74) is 1.42. The zero-order valence-electron chi connectivity index (χ0n) is 18.2. The van der Waals surface area contributed by atoms with Crippen LogP contribution in [0.4, 0.5) is 5.69 Å². The minimum atomic E-state index is -0.973. The summed E-state index contributed by atoms with van der Waals surface area (Å²) >= 11 is 0. The van der Waals surface area contributed by atoms with Crippen molar-refractivity contribution in [2.45, 2.75) is 44.3 Å². The smallest absolute Gasteiger partial charge is 0.302 e. The van der Waals surface area contributed by atoms with Gasteiger partial charge in [-0.3, -0.25) is 24.1 Å². The fraction of sp³-hybridized carbons (Fsp3) is 0.360. The van der Waals surface area contributed by atoms with Gasteiger partial charge in [0.2, 0.25) is 17.7 Å². The topological polar surface area (TPSA) is 82.9 Å². The monoisotopic (exact) mass is 430 g/mol. The number of para-hydroxylation sites is 1. The molecule has 2 aliphatic heterocycles. The molecule has 7 nitrogen and oxygen atoms in total. The van der Waals surface area contributed by atoms with Crippen LogP contribution in [0.1, 0.15) is 31.4 Å². The van der Waals surface area contributed by atoms with Crippen molar-refractivity contribution in [3.63, 3.8) is 0 Å². The predicted octanol–water partition coefficient (Wildman–Crippen LogP) is 2.74. The van der Waals surface area contributed by atoms with E-state index in [9.17, 15) is 14.4 Å². The van der Waals surface area contributed by atoms with Crippen molar-refractivity contribution in [2.75, 3.05) is 11.9 Å². The highest BCUT2D eigenvalue weighted by Crippen LogP contribution is 2.47. The quantitative estimate of drug-likeness (QED) is 0.565. The molecule has 1 saturated heterocycles. The van der Waals surface area contributed by atoms with Crippen LogP contribution < -0.4 is 10.6 Å². The fourth-order valence-corrected chi connectivity index (χ4v) is 4.68. The summed E-state index contributed by atoms with van der Waals surface area (Å²) in [4.78, 5) is 44.8. The van der Waals surface area contributed by atoms with Crippen LogP contribution in [0.2, 0.25) is 0 Å². The Balaban J connectivity index is 1.66. The number of carbonyl (C=O) groups excluding carboxylic acids is 3. The molecule has 3 amide bonds. The molecule has 7 heteroatoms. The molecule has 0 bridgehead atoms. The zero-order valence-corrected chi connectivity index (χ0v) is 18.2. The average Bonchev–Trinajstić information content (AvgIpc) is 3.30. The summed E-state index contributed by atoms with van der Waals surface area (Å²) in [5.74, 6) is -1.95. The molecule has 0 aliphatic carbocycles. The van der Waals surface area contributed by atoms with Gasteiger partial charge in [-0.05, 0) is 37.5 Å². The van der Waals surface area contributed by atoms with Gasteiger partial charge in [-0.2, -0.15) is 0 Å². The number of rotatable bonds is 5. The molecule has 0 radical (unpaired) electrons. The number of hydrogen-bond acceptors (Lipinski definition) is 3. The molecule has 2 aliphatic rings. The van der Waals surface area contributed by atoms with Crippen molar-refractivity contribution < 1.29 is 14.4 Å². The second kappa shape index (κ2) is 8.46. The minimum Gasteiger partial charge on any atom is -0.353 e. The summed E-state index contributed by atoms with van der Waals surface area (Å²) in [7, 11) is 0. The lowest BCUT2D eigenvalue weighted by Crippen LogP contribution is -2.48. The number of benzene rings is 2. The molecule has 0 aromatic heterocycles. The molecule has 32 heavy (non-hydrogen) atoms. The minimum absolute atomic E-state index is 0.0853. The Morgan fingerprint density at radius 2 is 1.88 bits per heavy atom. The zero-order chi connectivity index (χ0) is 22.9. The standard InChI is InChI=1S/C25H26N4O3/c1-16(2)27-22(30)18(13-17-9-5-4-6-10-17)23(31)29-15-25(14-21(29)26-3)19-11-7-8-12-20(19)28-24(25)32/h4-12,16,18,21H,13-15H2,1-2H3,(H,27,30)(H,28,32)/t18-,21-,25-/m0/s1. The van der Waals surface area contributed by atoms with E-state index in [0.717, 1.165) is 11.1 Å². The Morgan fingerprint density at radius 3 is 2.56 bits per heavy atom. The van der Waals surface area contributed by atoms with E-state index in [1.165, 1.54) is 4.90 Å². The largest absolute Gasteiger partial charge is 0.353 e. The van der Waals surface area contributed by atoms with Gasteiger partial charge in [-0.15, -0.1) is 0 Å². The molecule has 2 N–H and O–H groups in total. The van der Waals surface area contributed by atoms with E-state index in [-0.39, 0.29) is 37.2 Å². The molecule has 164 valence electrons. The molecule has 0 unspecified atom stereocenters. The number of hydrogen-bond donors (Lipinski definition) is 2. The third kappa shape index (κ3) is 3.73. The predicted molar refractivity (Wildman–Crippen MR) is 120 cm³/mol. The lowest BCUT2D eigenvalue weighted by atomic mass is 9.80. The van der Waals surface area contributed by atoms with Gasteiger partial charge in [0, 0.05) is 18.3 Å². The van der Waals surface area contributed by atoms with Crippen LogP contribution in [0.15, 0.2) is 54.6 Å². The number of carbonyl (C=O) groups is 3. The number of likely N-dealkylation sites (tertiary alicyclic amines) is 1. The van der Waals surface area contributed by atoms with Crippen LogP contribution in [0.5, 0.6) is 0 Å². The SMILES string of the molecule is [C-]#[N+][C@@H]1C[C@@]2(CN1C(=O)[C@@H](Cc1ccccc1)C(=O)NC(C)C)C(=O)Nc1ccccc12. The highest BCUT2D eigenvalue weighted by atomic mass is 16.2. The molecule has 1 spiro atoms. The van der Waals surface area contributed by atoms with Crippen LogP contribution in [0, 0.1) is 12.5 Å². The molecule has 4 rings (SSSR count). The highest BCUT2D eigenvalue weighted by molar-refractivity contribution is 6.08. The maximum atomic E-state index is 13.7. The lowest BCUT2D eigenvalue weighted by Gasteiger charge is -2.25. The fourth-order valence-electron chi connectivity index (χ4n) is 4.68. The van der Waals surface area contributed by atoms with Gasteiger partial charge in [0.15, 0.2) is 0 Å². The molecular formula is C25H26N4O3. The summed E-state index contributed by atoms with van der Waals surface area (Å²) < 4.78 is 0. The van der Waals surface area contributed by atoms with Crippen molar-refractivity contribution in [3.05, 3.63) is 77.1 Å². The normalized spacial score (nSPS) is 22.4. The Labute approximate surface area is 187 Å². The van der Waals surface area contributed by atoms with Crippen LogP contribution >= 0.6 is 0 Å². The van der Waals surface area contributed by atoms with Crippen molar-refractivity contribution >= 4 is 23.4 Å². The summed E-state index contributed by atoms with van der Waals surface area (Å²) in [6.07, 6.45) is -0.353. The van der Waals surface area contributed by atoms with Crippen LogP contribution in [0.3, 0.4) is 0 Å². The van der Waals surface area contributed by atoms with Gasteiger partial charge in [0.1, 0.15) is 11.3 Å². The van der Waals surface area contributed by atoms with Gasteiger partial charge in [-0.1, -0.05) is 48.5 Å². The van der Waals surface area contributed by atoms with Crippen molar-refractivity contribution in [3.8, 4) is 0 Å². The van der Waals surface area contributed by atoms with Gasteiger partial charge >= 0.3 is 6.17 Å². The Morgan fingerprint density at radius 1 is 1.19 bits per heavy atom. The second-order valence-corrected chi connectivity index (χ2v) is 8.77. The summed E-state index contributed by atoms with van der Waals surface area (Å²) in [6.45, 7) is 11.5. The Bertz CT molecular complexity index is 1090. The molecule has 3 atom stereocenters. The van der Waals surface area contributed by atoms with Crippen molar-refractivity contribution in [1.82, 2.24) is 10.2 Å². The van der Waals surface area contributed by atoms with E-state index >= 15 is 0 Å². The first-order chi connectivity index (χ1) is 15.4. The second-order valence-electron chi connectivity index (χ2n) is 8.77. The van der Waals surface area contributed by atoms with Gasteiger partial charge in [0.25, 0.3) is 0 Å². The van der Waals surface area contributed by atoms with E-state index in [1.54, 1.807) is 0 Å². The van der Waals surface area contributed by atoms with E-state index in [4.69, 9.17) is 6.57 Å². The third-order valence-electron chi connectivity index (χ3n) is 6.22. The molecule has 1 fully saturated rings. The van der Waals surface area contributed by atoms with Gasteiger partial charge in [0.05, 0.1) is 6.42 Å². The van der Waals surface area contributed by atoms with Crippen LogP contribution in [0.25, 0.3) is 4.85 Å². The number of fused-ring (bicyclic) bond motifs is 2. The van der Waals surface area contributed by atoms with Gasteiger partial charge in [-0.25, -0.2) is 6.57 Å². The van der Waals surface area contributed by atoms with Crippen LogP contribution in [-0.2, 0) is 26.2 Å². The first-order valence-electron chi connectivity index (χ1n) is 10.8. The lowest BCUT2D eigenvalue weighted by molar-refractivity contribution is -0.142. The van der Waals surface area contributed by atoms with E-state index in [0.29, 0.717) is 5.69 Å². The maximum absolute atomic E-state index is 13.7. The van der Waals surface area contributed by atoms with E-state index in [1.807, 2.05) is 68.4 Å². The number of nitrogens with one attached hydrogen (secondary N) is 2. The van der Waals surface area contributed by atoms with E-state index in [2.05, 4.69) is 15.5 Å². The van der Waals surface area contributed by atoms with Crippen molar-refractivity contribution in [2.24, 2.45) is 5.92 Å². The Hall–Kier alpha value is -3.66. The van der Waals surface area contributed by atoms with E-state index < -0.39 is 23.4 Å². The third-order valence-corrected chi connectivity index (χ3v) is 6.22. The number of anilines is 1. The summed E-state index contributed by atoms with van der Waals surface area (Å²) in [6, 6.07) is 16.6. The molecular weight excluding hydrogens is 404 g/mol. The summed E-state index contributed by atoms with van der Waals surface area (Å²) in [5, 5.41) is 5.74. The molecule has 2 heterocycles. The number of amides is 3. The average molecular weight is 431 g/mol. The number of nitrogens with zero attached hydrogens (tertiary/aromatic N) is 2. The van der Waals surface area contributed by atoms with Crippen LogP contribution in [-0.4, -0.2) is 41.4 Å². The van der Waals surface area contributed by atoms with Gasteiger partial charge < -0.3 is 10.6 Å². The molecule has 2 aromatic rings. The Kier molecular flexibility index (Phi) is 5.70. The van der Waals surface area contributed by atoms with Crippen molar-refractivity contribution in [1.29, 1.82) is 0 Å². The first-order valence-corrected chi connectivity index (χ1v) is 10.8. The molecule has 0 saturated carbocycles. The highest BCUT2D eigenvalue weighted by Gasteiger charge is 2.59.